The molecule has 9 heteroatoms. The van der Waals surface area contributed by atoms with E-state index in [0.29, 0.717) is 11.4 Å². The second kappa shape index (κ2) is 8.78. The Labute approximate surface area is 191 Å². The molecule has 0 aliphatic carbocycles. The molecule has 158 valence electrons. The smallest absolute Gasteiger partial charge is 0.269 e. The summed E-state index contributed by atoms with van der Waals surface area (Å²) in [5, 5.41) is 9.63. The lowest BCUT2D eigenvalue weighted by atomic mass is 10.2. The van der Waals surface area contributed by atoms with Gasteiger partial charge in [-0.3, -0.25) is 9.20 Å². The molecule has 0 atom stereocenters. The lowest BCUT2D eigenvalue weighted by molar-refractivity contribution is 0.461. The van der Waals surface area contributed by atoms with Crippen LogP contribution in [0.25, 0.3) is 11.7 Å². The zero-order valence-electron chi connectivity index (χ0n) is 16.3. The van der Waals surface area contributed by atoms with Crippen LogP contribution in [-0.2, 0) is 9.84 Å². The Morgan fingerprint density at radius 2 is 1.72 bits per heavy atom. The van der Waals surface area contributed by atoms with Crippen LogP contribution in [0.4, 0.5) is 0 Å². The molecule has 0 amide bonds. The van der Waals surface area contributed by atoms with Crippen molar-refractivity contribution in [2.45, 2.75) is 4.90 Å². The van der Waals surface area contributed by atoms with Crippen molar-refractivity contribution in [2.24, 2.45) is 0 Å². The van der Waals surface area contributed by atoms with Gasteiger partial charge in [0.2, 0.25) is 15.7 Å². The largest absolute Gasteiger partial charge is 0.438 e. The summed E-state index contributed by atoms with van der Waals surface area (Å²) in [5.74, 6) is 0.277. The fourth-order valence-corrected chi connectivity index (χ4v) is 4.35. The topological polar surface area (TPSA) is 102 Å². The van der Waals surface area contributed by atoms with Gasteiger partial charge in [-0.05, 0) is 54.6 Å². The molecule has 0 fully saturated rings. The highest BCUT2D eigenvalue weighted by Gasteiger charge is 2.23. The fourth-order valence-electron chi connectivity index (χ4n) is 2.93. The molecule has 0 aliphatic rings. The Balaban J connectivity index is 1.93. The van der Waals surface area contributed by atoms with Gasteiger partial charge in [-0.15, -0.1) is 0 Å². The minimum atomic E-state index is -4.15. The van der Waals surface area contributed by atoms with E-state index in [-0.39, 0.29) is 16.3 Å². The Kier molecular flexibility index (Phi) is 5.90. The van der Waals surface area contributed by atoms with Crippen LogP contribution >= 0.6 is 15.9 Å². The summed E-state index contributed by atoms with van der Waals surface area (Å²) >= 11 is 3.34. The van der Waals surface area contributed by atoms with E-state index in [1.807, 2.05) is 0 Å². The maximum Gasteiger partial charge on any atom is 0.269 e. The maximum absolute atomic E-state index is 13.2. The van der Waals surface area contributed by atoms with Crippen molar-refractivity contribution in [1.29, 1.82) is 5.26 Å². The van der Waals surface area contributed by atoms with Gasteiger partial charge in [0.25, 0.3) is 5.56 Å². The lowest BCUT2D eigenvalue weighted by Gasteiger charge is -2.10. The van der Waals surface area contributed by atoms with Crippen LogP contribution in [0.3, 0.4) is 0 Å². The van der Waals surface area contributed by atoms with Gasteiger partial charge >= 0.3 is 0 Å². The first-order valence-corrected chi connectivity index (χ1v) is 11.5. The molecule has 0 spiro atoms. The van der Waals surface area contributed by atoms with Crippen molar-refractivity contribution in [3.63, 3.8) is 0 Å². The van der Waals surface area contributed by atoms with Crippen LogP contribution in [0.15, 0.2) is 98.1 Å². The summed E-state index contributed by atoms with van der Waals surface area (Å²) in [7, 11) is -4.15. The minimum absolute atomic E-state index is 0.0583. The minimum Gasteiger partial charge on any atom is -0.438 e. The fraction of sp³-hybridized carbons (Fsp3) is 0. The molecule has 0 aliphatic heterocycles. The van der Waals surface area contributed by atoms with Crippen molar-refractivity contribution >= 4 is 37.5 Å². The van der Waals surface area contributed by atoms with Gasteiger partial charge in [0.15, 0.2) is 0 Å². The van der Waals surface area contributed by atoms with E-state index in [2.05, 4.69) is 20.9 Å². The number of ether oxygens (including phenoxy) is 1. The molecule has 2 aromatic carbocycles. The third-order valence-corrected chi connectivity index (χ3v) is 6.70. The SMILES string of the molecule is N#CC(=Cc1c(Oc2ccc(Br)cc2)nc2ccccn2c1=O)S(=O)(=O)c1ccccc1. The number of allylic oxidation sites excluding steroid dienone is 1. The predicted octanol–water partition coefficient (Wildman–Crippen LogP) is 4.59. The number of nitriles is 1. The zero-order chi connectivity index (χ0) is 22.7. The van der Waals surface area contributed by atoms with Gasteiger partial charge in [-0.1, -0.05) is 40.2 Å². The first-order valence-electron chi connectivity index (χ1n) is 9.27. The van der Waals surface area contributed by atoms with Crippen LogP contribution in [0.2, 0.25) is 0 Å². The average molecular weight is 508 g/mol. The van der Waals surface area contributed by atoms with Gasteiger partial charge in [0, 0.05) is 10.7 Å². The molecule has 0 unspecified atom stereocenters. The molecular formula is C23H14BrN3O4S. The Bertz CT molecular complexity index is 1540. The van der Waals surface area contributed by atoms with Crippen molar-refractivity contribution in [3.05, 3.63) is 104 Å². The Hall–Kier alpha value is -3.74. The summed E-state index contributed by atoms with van der Waals surface area (Å²) in [6, 6.07) is 21.0. The number of benzene rings is 2. The number of halogens is 1. The van der Waals surface area contributed by atoms with Gasteiger partial charge < -0.3 is 4.74 Å². The summed E-state index contributed by atoms with van der Waals surface area (Å²) in [6.45, 7) is 0. The molecule has 0 bridgehead atoms. The van der Waals surface area contributed by atoms with E-state index in [1.54, 1.807) is 66.7 Å². The van der Waals surface area contributed by atoms with Crippen LogP contribution in [-0.4, -0.2) is 17.8 Å². The molecule has 4 aromatic rings. The number of sulfone groups is 1. The summed E-state index contributed by atoms with van der Waals surface area (Å²) in [4.78, 5) is 16.9. The monoisotopic (exact) mass is 507 g/mol. The van der Waals surface area contributed by atoms with Gasteiger partial charge in [0.05, 0.1) is 4.90 Å². The van der Waals surface area contributed by atoms with E-state index in [0.717, 1.165) is 10.5 Å². The third-order valence-electron chi connectivity index (χ3n) is 4.49. The predicted molar refractivity (Wildman–Crippen MR) is 123 cm³/mol. The molecule has 32 heavy (non-hydrogen) atoms. The number of nitrogens with zero attached hydrogens (tertiary/aromatic N) is 3. The van der Waals surface area contributed by atoms with Crippen LogP contribution < -0.4 is 10.3 Å². The molecule has 4 rings (SSSR count). The Morgan fingerprint density at radius 3 is 2.41 bits per heavy atom. The second-order valence-electron chi connectivity index (χ2n) is 6.56. The van der Waals surface area contributed by atoms with Crippen molar-refractivity contribution in [1.82, 2.24) is 9.38 Å². The number of hydrogen-bond donors (Lipinski definition) is 0. The molecule has 0 N–H and O–H groups in total. The van der Waals surface area contributed by atoms with Crippen LogP contribution in [0, 0.1) is 11.3 Å². The molecule has 0 saturated carbocycles. The van der Waals surface area contributed by atoms with E-state index in [1.165, 1.54) is 22.7 Å². The number of rotatable bonds is 5. The van der Waals surface area contributed by atoms with Crippen molar-refractivity contribution in [2.75, 3.05) is 0 Å². The van der Waals surface area contributed by atoms with Gasteiger partial charge in [-0.25, -0.2) is 8.42 Å². The quantitative estimate of drug-likeness (QED) is 0.366. The third kappa shape index (κ3) is 4.19. The standard InChI is InChI=1S/C23H14BrN3O4S/c24-16-9-11-17(12-10-16)31-22-20(23(28)27-13-5-4-8-21(27)26-22)14-19(15-25)32(29,30)18-6-2-1-3-7-18/h1-14H. The maximum atomic E-state index is 13.2. The number of hydrogen-bond acceptors (Lipinski definition) is 6. The molecule has 0 radical (unpaired) electrons. The van der Waals surface area contributed by atoms with Gasteiger partial charge in [-0.2, -0.15) is 10.2 Å². The highest BCUT2D eigenvalue weighted by molar-refractivity contribution is 9.10. The highest BCUT2D eigenvalue weighted by atomic mass is 79.9. The van der Waals surface area contributed by atoms with Crippen molar-refractivity contribution < 1.29 is 13.2 Å². The number of fused-ring (bicyclic) bond motifs is 1. The average Bonchev–Trinajstić information content (AvgIpc) is 2.81. The van der Waals surface area contributed by atoms with Crippen LogP contribution in [0.5, 0.6) is 11.6 Å². The highest BCUT2D eigenvalue weighted by Crippen LogP contribution is 2.27. The molecule has 0 saturated heterocycles. The molecule has 7 nitrogen and oxygen atoms in total. The van der Waals surface area contributed by atoms with E-state index >= 15 is 0 Å². The molecule has 2 heterocycles. The first-order chi connectivity index (χ1) is 15.4. The molecular weight excluding hydrogens is 494 g/mol. The van der Waals surface area contributed by atoms with Crippen LogP contribution in [0.1, 0.15) is 5.56 Å². The Morgan fingerprint density at radius 1 is 1.03 bits per heavy atom. The normalized spacial score (nSPS) is 11.8. The summed E-state index contributed by atoms with van der Waals surface area (Å²) < 4.78 is 33.9. The zero-order valence-corrected chi connectivity index (χ0v) is 18.7. The number of aromatic nitrogens is 2. The van der Waals surface area contributed by atoms with Crippen molar-refractivity contribution in [3.8, 4) is 17.7 Å². The summed E-state index contributed by atoms with van der Waals surface area (Å²) in [6.07, 6.45) is 2.51. The van der Waals surface area contributed by atoms with E-state index in [4.69, 9.17) is 4.74 Å². The summed E-state index contributed by atoms with van der Waals surface area (Å²) in [5.41, 5.74) is -0.419. The van der Waals surface area contributed by atoms with E-state index < -0.39 is 20.3 Å². The lowest BCUT2D eigenvalue weighted by Crippen LogP contribution is -2.19. The first kappa shape index (κ1) is 21.5. The second-order valence-corrected chi connectivity index (χ2v) is 9.39. The van der Waals surface area contributed by atoms with E-state index in [9.17, 15) is 18.5 Å². The molecule has 2 aromatic heterocycles. The van der Waals surface area contributed by atoms with Gasteiger partial charge in [0.1, 0.15) is 27.9 Å². The number of pyridine rings is 1.